The van der Waals surface area contributed by atoms with Crippen LogP contribution in [0.3, 0.4) is 0 Å². The zero-order valence-electron chi connectivity index (χ0n) is 18.6. The summed E-state index contributed by atoms with van der Waals surface area (Å²) in [7, 11) is -3.82. The summed E-state index contributed by atoms with van der Waals surface area (Å²) in [6.45, 7) is 8.44. The lowest BCUT2D eigenvalue weighted by Gasteiger charge is -2.25. The molecule has 0 aliphatic heterocycles. The fourth-order valence-electron chi connectivity index (χ4n) is 3.12. The van der Waals surface area contributed by atoms with Gasteiger partial charge in [0, 0.05) is 24.7 Å². The maximum Gasteiger partial charge on any atom is 0.240 e. The molecule has 2 aromatic carbocycles. The molecule has 0 unspecified atom stereocenters. The lowest BCUT2D eigenvalue weighted by Crippen LogP contribution is -2.38. The Morgan fingerprint density at radius 2 is 1.75 bits per heavy atom. The van der Waals surface area contributed by atoms with Crippen molar-refractivity contribution >= 4 is 21.8 Å². The Bertz CT molecular complexity index is 1230. The summed E-state index contributed by atoms with van der Waals surface area (Å²) in [6.07, 6.45) is 0. The fourth-order valence-corrected chi connectivity index (χ4v) is 4.40. The third-order valence-corrected chi connectivity index (χ3v) is 6.62. The largest absolute Gasteiger partial charge is 0.369 e. The molecule has 0 aliphatic rings. The average molecular weight is 458 g/mol. The molecule has 0 spiro atoms. The van der Waals surface area contributed by atoms with Crippen LogP contribution in [0.25, 0.3) is 11.3 Å². The maximum absolute atomic E-state index is 13.4. The molecule has 4 N–H and O–H groups in total. The van der Waals surface area contributed by atoms with Crippen LogP contribution in [0.2, 0.25) is 0 Å². The predicted octanol–water partition coefficient (Wildman–Crippen LogP) is 3.90. The number of rotatable bonds is 8. The summed E-state index contributed by atoms with van der Waals surface area (Å²) in [6, 6.07) is 12.7. The minimum absolute atomic E-state index is 0.108. The Balaban J connectivity index is 1.70. The average Bonchev–Trinajstić information content (AvgIpc) is 2.73. The molecule has 0 aliphatic carbocycles. The van der Waals surface area contributed by atoms with Gasteiger partial charge in [-0.2, -0.15) is 4.98 Å². The molecule has 1 aromatic heterocycles. The summed E-state index contributed by atoms with van der Waals surface area (Å²) < 4.78 is 40.9. The van der Waals surface area contributed by atoms with Crippen LogP contribution in [0.5, 0.6) is 0 Å². The first-order chi connectivity index (χ1) is 15.0. The Morgan fingerprint density at radius 3 is 2.47 bits per heavy atom. The smallest absolute Gasteiger partial charge is 0.240 e. The van der Waals surface area contributed by atoms with Gasteiger partial charge in [-0.1, -0.05) is 38.1 Å². The zero-order valence-corrected chi connectivity index (χ0v) is 19.4. The molecule has 0 amide bonds. The van der Waals surface area contributed by atoms with Crippen molar-refractivity contribution in [2.75, 3.05) is 24.1 Å². The van der Waals surface area contributed by atoms with Crippen LogP contribution in [0, 0.1) is 25.1 Å². The van der Waals surface area contributed by atoms with Gasteiger partial charge in [-0.3, -0.25) is 0 Å². The highest BCUT2D eigenvalue weighted by atomic mass is 32.2. The first kappa shape index (κ1) is 23.6. The molecule has 0 bridgehead atoms. The quantitative estimate of drug-likeness (QED) is 0.473. The van der Waals surface area contributed by atoms with Crippen molar-refractivity contribution in [1.82, 2.24) is 14.7 Å². The van der Waals surface area contributed by atoms with Crippen molar-refractivity contribution in [3.63, 3.8) is 0 Å². The van der Waals surface area contributed by atoms with Crippen LogP contribution in [0.4, 0.5) is 16.2 Å². The standard InChI is InChI=1S/C23H28FN5O2S/c1-15-7-5-10-19(16(15)2)20-12-21(29-22(25)28-20)26-13-23(3,4)14-27-32(30,31)18-9-6-8-17(24)11-18/h5-12,27H,13-14H2,1-4H3,(H3,25,26,28,29). The number of benzene rings is 2. The Hall–Kier alpha value is -3.04. The second-order valence-corrected chi connectivity index (χ2v) is 10.3. The molecular formula is C23H28FN5O2S. The van der Waals surface area contributed by atoms with Crippen LogP contribution in [-0.2, 0) is 10.0 Å². The molecule has 9 heteroatoms. The summed E-state index contributed by atoms with van der Waals surface area (Å²) in [5, 5.41) is 3.23. The summed E-state index contributed by atoms with van der Waals surface area (Å²) in [5.74, 6) is 0.0970. The van der Waals surface area contributed by atoms with Crippen molar-refractivity contribution in [3.05, 3.63) is 65.5 Å². The van der Waals surface area contributed by atoms with Gasteiger partial charge in [0.1, 0.15) is 11.6 Å². The number of hydrogen-bond acceptors (Lipinski definition) is 6. The number of halogens is 1. The van der Waals surface area contributed by atoms with Gasteiger partial charge < -0.3 is 11.1 Å². The SMILES string of the molecule is Cc1cccc(-c2cc(NCC(C)(C)CNS(=O)(=O)c3cccc(F)c3)nc(N)n2)c1C. The predicted molar refractivity (Wildman–Crippen MR) is 125 cm³/mol. The van der Waals surface area contributed by atoms with E-state index in [1.54, 1.807) is 0 Å². The number of sulfonamides is 1. The minimum atomic E-state index is -3.82. The van der Waals surface area contributed by atoms with Crippen LogP contribution in [0.15, 0.2) is 53.4 Å². The van der Waals surface area contributed by atoms with Gasteiger partial charge in [-0.05, 0) is 48.6 Å². The highest BCUT2D eigenvalue weighted by molar-refractivity contribution is 7.89. The third-order valence-electron chi connectivity index (χ3n) is 5.22. The highest BCUT2D eigenvalue weighted by Crippen LogP contribution is 2.26. The molecule has 7 nitrogen and oxygen atoms in total. The van der Waals surface area contributed by atoms with Gasteiger partial charge in [0.05, 0.1) is 10.6 Å². The Labute approximate surface area is 188 Å². The normalized spacial score (nSPS) is 12.0. The first-order valence-electron chi connectivity index (χ1n) is 10.2. The van der Waals surface area contributed by atoms with E-state index in [1.165, 1.54) is 18.2 Å². The van der Waals surface area contributed by atoms with Gasteiger partial charge in [0.15, 0.2) is 0 Å². The lowest BCUT2D eigenvalue weighted by molar-refractivity contribution is 0.387. The van der Waals surface area contributed by atoms with E-state index in [0.717, 1.165) is 22.8 Å². The molecule has 0 saturated carbocycles. The fraction of sp³-hybridized carbons (Fsp3) is 0.304. The van der Waals surface area contributed by atoms with Crippen molar-refractivity contribution in [1.29, 1.82) is 0 Å². The molecule has 0 radical (unpaired) electrons. The van der Waals surface area contributed by atoms with Crippen LogP contribution < -0.4 is 15.8 Å². The molecule has 0 atom stereocenters. The van der Waals surface area contributed by atoms with Gasteiger partial charge in [-0.15, -0.1) is 0 Å². The Kier molecular flexibility index (Phi) is 6.80. The summed E-state index contributed by atoms with van der Waals surface area (Å²) in [5.41, 5.74) is 9.42. The van der Waals surface area contributed by atoms with E-state index in [2.05, 4.69) is 20.0 Å². The number of anilines is 2. The van der Waals surface area contributed by atoms with Crippen LogP contribution >= 0.6 is 0 Å². The van der Waals surface area contributed by atoms with E-state index >= 15 is 0 Å². The second-order valence-electron chi connectivity index (χ2n) is 8.54. The zero-order chi connectivity index (χ0) is 23.5. The van der Waals surface area contributed by atoms with Gasteiger partial charge in [0.2, 0.25) is 16.0 Å². The van der Waals surface area contributed by atoms with E-state index in [1.807, 2.05) is 52.0 Å². The topological polar surface area (TPSA) is 110 Å². The number of nitrogen functional groups attached to an aromatic ring is 1. The summed E-state index contributed by atoms with van der Waals surface area (Å²) >= 11 is 0. The lowest BCUT2D eigenvalue weighted by atomic mass is 9.94. The number of nitrogens with two attached hydrogens (primary N) is 1. The molecule has 170 valence electrons. The Morgan fingerprint density at radius 1 is 1.03 bits per heavy atom. The molecule has 3 aromatic rings. The first-order valence-corrected chi connectivity index (χ1v) is 11.7. The third kappa shape index (κ3) is 5.80. The summed E-state index contributed by atoms with van der Waals surface area (Å²) in [4.78, 5) is 8.51. The molecule has 0 fully saturated rings. The van der Waals surface area contributed by atoms with Gasteiger partial charge in [0.25, 0.3) is 0 Å². The van der Waals surface area contributed by atoms with Gasteiger partial charge >= 0.3 is 0 Å². The van der Waals surface area contributed by atoms with E-state index in [9.17, 15) is 12.8 Å². The van der Waals surface area contributed by atoms with E-state index < -0.39 is 21.3 Å². The van der Waals surface area contributed by atoms with E-state index in [-0.39, 0.29) is 17.4 Å². The van der Waals surface area contributed by atoms with Gasteiger partial charge in [-0.25, -0.2) is 22.5 Å². The van der Waals surface area contributed by atoms with E-state index in [4.69, 9.17) is 5.73 Å². The number of hydrogen-bond donors (Lipinski definition) is 3. The minimum Gasteiger partial charge on any atom is -0.369 e. The van der Waals surface area contributed by atoms with Crippen molar-refractivity contribution < 1.29 is 12.8 Å². The monoisotopic (exact) mass is 457 g/mol. The van der Waals surface area contributed by atoms with Crippen molar-refractivity contribution in [2.24, 2.45) is 5.41 Å². The second kappa shape index (κ2) is 9.22. The highest BCUT2D eigenvalue weighted by Gasteiger charge is 2.23. The van der Waals surface area contributed by atoms with Crippen LogP contribution in [0.1, 0.15) is 25.0 Å². The van der Waals surface area contributed by atoms with Crippen LogP contribution in [-0.4, -0.2) is 31.5 Å². The molecular weight excluding hydrogens is 429 g/mol. The van der Waals surface area contributed by atoms with E-state index in [0.29, 0.717) is 18.1 Å². The maximum atomic E-state index is 13.4. The molecule has 32 heavy (non-hydrogen) atoms. The van der Waals surface area contributed by atoms with Crippen molar-refractivity contribution in [2.45, 2.75) is 32.6 Å². The molecule has 3 rings (SSSR count). The number of aromatic nitrogens is 2. The molecule has 1 heterocycles. The number of nitrogens with one attached hydrogen (secondary N) is 2. The van der Waals surface area contributed by atoms with Crippen molar-refractivity contribution in [3.8, 4) is 11.3 Å². The number of nitrogens with zero attached hydrogens (tertiary/aromatic N) is 2. The molecule has 0 saturated heterocycles. The number of aryl methyl sites for hydroxylation is 1.